The van der Waals surface area contributed by atoms with Crippen LogP contribution < -0.4 is 0 Å². The first-order valence-electron chi connectivity index (χ1n) is 12.8. The van der Waals surface area contributed by atoms with E-state index in [-0.39, 0.29) is 41.7 Å². The van der Waals surface area contributed by atoms with Gasteiger partial charge in [-0.15, -0.1) is 0 Å². The fraction of sp³-hybridized carbons (Fsp3) is 0.467. The molecule has 2 heterocycles. The van der Waals surface area contributed by atoms with Crippen LogP contribution in [0.2, 0.25) is 0 Å². The number of fused-ring (bicyclic) bond motifs is 7. The third-order valence-corrected chi connectivity index (χ3v) is 10.3. The number of ketones is 2. The SMILES string of the molecule is C=C1C(=O)C2=C3C(=CC[C@H]4C(=C)C(=O)O[C@@H]4C13)CC[C@]21C(=O)C[C@H]2C(=C)CC[C@H]3C(=C)C(=O)O[C@@H]3[C@H]21. The highest BCUT2D eigenvalue weighted by molar-refractivity contribution is 6.18. The van der Waals surface area contributed by atoms with E-state index < -0.39 is 35.5 Å². The Bertz CT molecular complexity index is 1340. The Labute approximate surface area is 209 Å². The van der Waals surface area contributed by atoms with Crippen LogP contribution in [0.15, 0.2) is 71.4 Å². The van der Waals surface area contributed by atoms with Crippen LogP contribution >= 0.6 is 0 Å². The Kier molecular flexibility index (Phi) is 4.23. The van der Waals surface area contributed by atoms with Crippen molar-refractivity contribution in [2.45, 2.75) is 50.7 Å². The number of allylic oxidation sites excluding steroid dienone is 4. The fourth-order valence-corrected chi connectivity index (χ4v) is 8.58. The van der Waals surface area contributed by atoms with E-state index >= 15 is 0 Å². The van der Waals surface area contributed by atoms with Crippen molar-refractivity contribution in [3.8, 4) is 0 Å². The summed E-state index contributed by atoms with van der Waals surface area (Å²) >= 11 is 0. The fourth-order valence-electron chi connectivity index (χ4n) is 8.58. The molecule has 1 unspecified atom stereocenters. The van der Waals surface area contributed by atoms with Crippen molar-refractivity contribution in [3.63, 3.8) is 0 Å². The second-order valence-corrected chi connectivity index (χ2v) is 11.5. The highest BCUT2D eigenvalue weighted by Gasteiger charge is 2.68. The smallest absolute Gasteiger partial charge is 0.334 e. The number of esters is 2. The molecule has 6 heteroatoms. The predicted octanol–water partition coefficient (Wildman–Crippen LogP) is 3.90. The van der Waals surface area contributed by atoms with E-state index in [1.165, 1.54) is 0 Å². The summed E-state index contributed by atoms with van der Waals surface area (Å²) in [6, 6.07) is 0. The Morgan fingerprint density at radius 1 is 0.833 bits per heavy atom. The number of carbonyl (C=O) groups is 4. The van der Waals surface area contributed by atoms with Crippen molar-refractivity contribution in [1.82, 2.24) is 0 Å². The van der Waals surface area contributed by atoms with Crippen LogP contribution in [0.5, 0.6) is 0 Å². The molecule has 4 fully saturated rings. The minimum absolute atomic E-state index is 0.0184. The second kappa shape index (κ2) is 6.93. The molecule has 0 aromatic carbocycles. The van der Waals surface area contributed by atoms with Crippen molar-refractivity contribution >= 4 is 23.5 Å². The van der Waals surface area contributed by atoms with E-state index in [0.717, 1.165) is 16.7 Å². The Hall–Kier alpha value is -3.28. The summed E-state index contributed by atoms with van der Waals surface area (Å²) in [5, 5.41) is 0. The molecule has 184 valence electrons. The van der Waals surface area contributed by atoms with E-state index in [1.54, 1.807) is 0 Å². The van der Waals surface area contributed by atoms with Crippen molar-refractivity contribution < 1.29 is 28.7 Å². The normalized spacial score (nSPS) is 43.1. The van der Waals surface area contributed by atoms with E-state index in [2.05, 4.69) is 32.4 Å². The van der Waals surface area contributed by atoms with Crippen LogP contribution in [0.1, 0.15) is 38.5 Å². The van der Waals surface area contributed by atoms with Gasteiger partial charge in [-0.1, -0.05) is 38.0 Å². The first kappa shape index (κ1) is 22.0. The zero-order valence-corrected chi connectivity index (χ0v) is 20.1. The van der Waals surface area contributed by atoms with Gasteiger partial charge >= 0.3 is 11.9 Å². The lowest BCUT2D eigenvalue weighted by Gasteiger charge is -2.43. The van der Waals surface area contributed by atoms with Gasteiger partial charge in [0.05, 0.1) is 11.3 Å². The zero-order chi connectivity index (χ0) is 25.3. The second-order valence-electron chi connectivity index (χ2n) is 11.5. The van der Waals surface area contributed by atoms with Gasteiger partial charge in [0, 0.05) is 46.5 Å². The van der Waals surface area contributed by atoms with Crippen LogP contribution in [0.3, 0.4) is 0 Å². The average Bonchev–Trinajstić information content (AvgIpc) is 3.41. The van der Waals surface area contributed by atoms with Crippen LogP contribution in [-0.2, 0) is 28.7 Å². The van der Waals surface area contributed by atoms with Crippen molar-refractivity contribution in [2.75, 3.05) is 0 Å². The van der Waals surface area contributed by atoms with Crippen LogP contribution in [0, 0.1) is 35.0 Å². The van der Waals surface area contributed by atoms with Crippen LogP contribution in [-0.4, -0.2) is 35.7 Å². The van der Waals surface area contributed by atoms with Crippen molar-refractivity contribution in [1.29, 1.82) is 0 Å². The summed E-state index contributed by atoms with van der Waals surface area (Å²) in [5.41, 5.74) is 3.52. The quantitative estimate of drug-likeness (QED) is 0.295. The summed E-state index contributed by atoms with van der Waals surface area (Å²) in [7, 11) is 0. The Morgan fingerprint density at radius 3 is 2.28 bits per heavy atom. The molecular formula is C30H28O6. The maximum atomic E-state index is 14.1. The number of Topliss-reactive ketones (excluding diaryl/α,β-unsaturated/α-hetero) is 2. The molecule has 36 heavy (non-hydrogen) atoms. The number of hydrogen-bond donors (Lipinski definition) is 0. The van der Waals surface area contributed by atoms with Gasteiger partial charge in [-0.3, -0.25) is 9.59 Å². The molecule has 8 atom stereocenters. The standard InChI is InChI=1S/C30H28O6/c1-12-5-7-18-14(3)29(34)36-27(18)23-19(12)11-20(31)30(23)10-9-16-6-8-17-13(2)28(33)35-26(17)21-15(4)25(32)24(30)22(16)21/h6,17-19,21,23,26-27H,1-5,7-11H2/t17-,18-,19-,21?,23-,26-,27-,30+/m0/s1. The highest BCUT2D eigenvalue weighted by Crippen LogP contribution is 2.66. The van der Waals surface area contributed by atoms with Gasteiger partial charge in [-0.25, -0.2) is 9.59 Å². The molecule has 0 N–H and O–H groups in total. The van der Waals surface area contributed by atoms with E-state index in [0.29, 0.717) is 54.4 Å². The average molecular weight is 485 g/mol. The summed E-state index contributed by atoms with van der Waals surface area (Å²) in [4.78, 5) is 53.2. The van der Waals surface area contributed by atoms with Gasteiger partial charge in [-0.05, 0) is 49.2 Å². The number of hydrogen-bond acceptors (Lipinski definition) is 6. The topological polar surface area (TPSA) is 86.7 Å². The molecule has 7 rings (SSSR count). The highest BCUT2D eigenvalue weighted by atomic mass is 16.6. The van der Waals surface area contributed by atoms with Crippen molar-refractivity contribution in [3.05, 3.63) is 71.4 Å². The number of ether oxygens (including phenoxy) is 2. The first-order chi connectivity index (χ1) is 17.2. The van der Waals surface area contributed by atoms with E-state index in [9.17, 15) is 19.2 Å². The number of rotatable bonds is 0. The molecule has 5 aliphatic carbocycles. The monoisotopic (exact) mass is 484 g/mol. The third kappa shape index (κ3) is 2.38. The van der Waals surface area contributed by atoms with Crippen LogP contribution in [0.25, 0.3) is 0 Å². The maximum Gasteiger partial charge on any atom is 0.334 e. The van der Waals surface area contributed by atoms with Crippen molar-refractivity contribution in [2.24, 2.45) is 35.0 Å². The van der Waals surface area contributed by atoms with Gasteiger partial charge in [0.25, 0.3) is 0 Å². The lowest BCUT2D eigenvalue weighted by atomic mass is 9.59. The van der Waals surface area contributed by atoms with E-state index in [4.69, 9.17) is 9.47 Å². The van der Waals surface area contributed by atoms with Gasteiger partial charge < -0.3 is 9.47 Å². The van der Waals surface area contributed by atoms with Gasteiger partial charge in [0.2, 0.25) is 0 Å². The summed E-state index contributed by atoms with van der Waals surface area (Å²) in [6.45, 7) is 16.5. The molecule has 0 bridgehead atoms. The summed E-state index contributed by atoms with van der Waals surface area (Å²) in [5.74, 6) is -2.47. The summed E-state index contributed by atoms with van der Waals surface area (Å²) in [6.07, 6.45) is 4.44. The molecule has 0 radical (unpaired) electrons. The molecule has 0 aromatic heterocycles. The molecule has 7 aliphatic rings. The molecule has 2 saturated heterocycles. The Balaban J connectivity index is 1.46. The number of carbonyl (C=O) groups excluding carboxylic acids is 4. The molecule has 0 amide bonds. The molecule has 6 nitrogen and oxygen atoms in total. The van der Waals surface area contributed by atoms with E-state index in [1.807, 2.05) is 0 Å². The third-order valence-electron chi connectivity index (χ3n) is 10.3. The lowest BCUT2D eigenvalue weighted by molar-refractivity contribution is -0.145. The molecule has 1 spiro atoms. The predicted molar refractivity (Wildman–Crippen MR) is 129 cm³/mol. The van der Waals surface area contributed by atoms with Gasteiger partial charge in [-0.2, -0.15) is 0 Å². The first-order valence-corrected chi connectivity index (χ1v) is 12.8. The molecule has 2 aliphatic heterocycles. The Morgan fingerprint density at radius 2 is 1.53 bits per heavy atom. The summed E-state index contributed by atoms with van der Waals surface area (Å²) < 4.78 is 11.7. The molecule has 0 aromatic rings. The molecular weight excluding hydrogens is 456 g/mol. The lowest BCUT2D eigenvalue weighted by Crippen LogP contribution is -2.46. The van der Waals surface area contributed by atoms with Gasteiger partial charge in [0.15, 0.2) is 5.78 Å². The zero-order valence-electron chi connectivity index (χ0n) is 20.1. The maximum absolute atomic E-state index is 14.1. The van der Waals surface area contributed by atoms with Gasteiger partial charge in [0.1, 0.15) is 18.0 Å². The minimum atomic E-state index is -1.08. The van der Waals surface area contributed by atoms with Crippen LogP contribution in [0.4, 0.5) is 0 Å². The largest absolute Gasteiger partial charge is 0.458 e. The minimum Gasteiger partial charge on any atom is -0.458 e. The molecule has 2 saturated carbocycles.